The van der Waals surface area contributed by atoms with Crippen LogP contribution in [0.25, 0.3) is 11.3 Å². The molecule has 0 N–H and O–H groups in total. The van der Waals surface area contributed by atoms with Crippen molar-refractivity contribution in [1.82, 2.24) is 14.5 Å². The summed E-state index contributed by atoms with van der Waals surface area (Å²) in [5, 5.41) is 0. The lowest BCUT2D eigenvalue weighted by Gasteiger charge is -2.39. The van der Waals surface area contributed by atoms with Crippen molar-refractivity contribution >= 4 is 11.9 Å². The molecule has 1 aliphatic carbocycles. The molecule has 5 rings (SSSR count). The van der Waals surface area contributed by atoms with Gasteiger partial charge in [0.2, 0.25) is 0 Å². The first-order chi connectivity index (χ1) is 14.3. The number of imidazole rings is 1. The topological polar surface area (TPSA) is 64.4 Å². The number of piperidine rings is 1. The maximum atomic E-state index is 13.7. The fraction of sp³-hybridized carbons (Fsp3) is 0.542. The lowest BCUT2D eigenvalue weighted by Crippen LogP contribution is -2.47. The van der Waals surface area contributed by atoms with Crippen LogP contribution in [0.5, 0.6) is 0 Å². The van der Waals surface area contributed by atoms with E-state index in [1.165, 1.54) is 11.1 Å². The Balaban J connectivity index is 1.34. The van der Waals surface area contributed by atoms with Crippen LogP contribution in [0, 0.1) is 11.3 Å². The number of carbonyl (C=O) groups is 2. The number of likely N-dealkylation sites (tertiary alicyclic amines) is 1. The van der Waals surface area contributed by atoms with Crippen molar-refractivity contribution in [1.29, 1.82) is 0 Å². The van der Waals surface area contributed by atoms with Gasteiger partial charge in [-0.3, -0.25) is 4.79 Å². The van der Waals surface area contributed by atoms with Crippen LogP contribution in [-0.2, 0) is 9.53 Å². The van der Waals surface area contributed by atoms with Crippen molar-refractivity contribution in [3.8, 4) is 11.3 Å². The van der Waals surface area contributed by atoms with Crippen molar-refractivity contribution in [2.24, 2.45) is 11.3 Å². The number of carbonyl (C=O) groups excluding carboxylic acids is 2. The molecule has 1 saturated heterocycles. The minimum absolute atomic E-state index is 0.0327. The second-order valence-electron chi connectivity index (χ2n) is 9.98. The van der Waals surface area contributed by atoms with E-state index in [2.05, 4.69) is 27.8 Å². The SMILES string of the molecule is CC(C)(C)OC(=O)N1CCC2(CCC(C3c4ccccc4-c4cncn43)C2=O)CC1. The lowest BCUT2D eigenvalue weighted by atomic mass is 9.74. The van der Waals surface area contributed by atoms with Gasteiger partial charge in [0.1, 0.15) is 11.4 Å². The lowest BCUT2D eigenvalue weighted by molar-refractivity contribution is -0.132. The van der Waals surface area contributed by atoms with Crippen molar-refractivity contribution in [2.45, 2.75) is 58.1 Å². The molecule has 0 radical (unpaired) electrons. The number of ketones is 1. The van der Waals surface area contributed by atoms with Crippen LogP contribution in [0.1, 0.15) is 58.1 Å². The third-order valence-electron chi connectivity index (χ3n) is 7.07. The molecule has 1 aromatic heterocycles. The van der Waals surface area contributed by atoms with Gasteiger partial charge in [-0.05, 0) is 52.0 Å². The minimum atomic E-state index is -0.501. The van der Waals surface area contributed by atoms with Gasteiger partial charge >= 0.3 is 6.09 Å². The second kappa shape index (κ2) is 6.69. The fourth-order valence-electron chi connectivity index (χ4n) is 5.60. The highest BCUT2D eigenvalue weighted by molar-refractivity contribution is 5.91. The summed E-state index contributed by atoms with van der Waals surface area (Å²) in [6, 6.07) is 8.41. The number of benzene rings is 1. The summed E-state index contributed by atoms with van der Waals surface area (Å²) in [7, 11) is 0. The molecule has 158 valence electrons. The van der Waals surface area contributed by atoms with E-state index in [-0.39, 0.29) is 23.5 Å². The van der Waals surface area contributed by atoms with Gasteiger partial charge in [-0.25, -0.2) is 9.78 Å². The highest BCUT2D eigenvalue weighted by Gasteiger charge is 2.53. The Hall–Kier alpha value is -2.63. The van der Waals surface area contributed by atoms with E-state index in [1.54, 1.807) is 4.90 Å². The molecule has 30 heavy (non-hydrogen) atoms. The number of fused-ring (bicyclic) bond motifs is 3. The Morgan fingerprint density at radius 3 is 2.63 bits per heavy atom. The Morgan fingerprint density at radius 1 is 1.17 bits per heavy atom. The number of nitrogens with zero attached hydrogens (tertiary/aromatic N) is 3. The summed E-state index contributed by atoms with van der Waals surface area (Å²) in [6.45, 7) is 6.82. The number of rotatable bonds is 1. The summed E-state index contributed by atoms with van der Waals surface area (Å²) in [4.78, 5) is 32.3. The van der Waals surface area contributed by atoms with E-state index in [9.17, 15) is 9.59 Å². The zero-order valence-corrected chi connectivity index (χ0v) is 17.9. The van der Waals surface area contributed by atoms with Gasteiger partial charge in [0.15, 0.2) is 0 Å². The molecular formula is C24H29N3O3. The molecule has 6 nitrogen and oxygen atoms in total. The van der Waals surface area contributed by atoms with Crippen molar-refractivity contribution in [3.63, 3.8) is 0 Å². The zero-order valence-electron chi connectivity index (χ0n) is 17.9. The van der Waals surface area contributed by atoms with Crippen LogP contribution in [-0.4, -0.2) is 45.0 Å². The van der Waals surface area contributed by atoms with Crippen LogP contribution in [0.4, 0.5) is 4.79 Å². The molecule has 2 atom stereocenters. The summed E-state index contributed by atoms with van der Waals surface area (Å²) in [5.41, 5.74) is 2.72. The molecule has 3 heterocycles. The highest BCUT2D eigenvalue weighted by atomic mass is 16.6. The van der Waals surface area contributed by atoms with E-state index < -0.39 is 5.60 Å². The van der Waals surface area contributed by atoms with E-state index in [4.69, 9.17) is 4.74 Å². The zero-order chi connectivity index (χ0) is 21.1. The fourth-order valence-corrected chi connectivity index (χ4v) is 5.60. The van der Waals surface area contributed by atoms with Gasteiger partial charge in [0, 0.05) is 30.0 Å². The minimum Gasteiger partial charge on any atom is -0.444 e. The molecule has 1 spiro atoms. The highest BCUT2D eigenvalue weighted by Crippen LogP contribution is 2.53. The summed E-state index contributed by atoms with van der Waals surface area (Å²) in [5.74, 6) is 0.336. The first-order valence-corrected chi connectivity index (χ1v) is 10.9. The largest absolute Gasteiger partial charge is 0.444 e. The smallest absolute Gasteiger partial charge is 0.410 e. The standard InChI is InChI=1S/C24H29N3O3/c1-23(2,3)30-22(29)26-12-10-24(11-13-26)9-8-18(21(24)28)20-17-7-5-4-6-16(17)19-14-25-15-27(19)20/h4-7,14-15,18,20H,8-13H2,1-3H3. The Bertz CT molecular complexity index is 995. The predicted octanol–water partition coefficient (Wildman–Crippen LogP) is 4.45. The molecule has 2 aromatic rings. The molecule has 1 saturated carbocycles. The molecule has 2 unspecified atom stereocenters. The molecular weight excluding hydrogens is 378 g/mol. The number of ether oxygens (including phenoxy) is 1. The van der Waals surface area contributed by atoms with E-state index >= 15 is 0 Å². The molecule has 3 aliphatic rings. The quantitative estimate of drug-likeness (QED) is 0.701. The third kappa shape index (κ3) is 2.96. The molecule has 1 aromatic carbocycles. The third-order valence-corrected chi connectivity index (χ3v) is 7.07. The van der Waals surface area contributed by atoms with Crippen LogP contribution in [0.2, 0.25) is 0 Å². The predicted molar refractivity (Wildman–Crippen MR) is 113 cm³/mol. The van der Waals surface area contributed by atoms with Crippen molar-refractivity contribution in [3.05, 3.63) is 42.4 Å². The van der Waals surface area contributed by atoms with Gasteiger partial charge in [-0.2, -0.15) is 0 Å². The monoisotopic (exact) mass is 407 g/mol. The van der Waals surface area contributed by atoms with Crippen LogP contribution in [0.15, 0.2) is 36.8 Å². The summed E-state index contributed by atoms with van der Waals surface area (Å²) in [6.07, 6.45) is 6.74. The van der Waals surface area contributed by atoms with Gasteiger partial charge in [0.25, 0.3) is 0 Å². The normalized spacial score (nSPS) is 24.8. The van der Waals surface area contributed by atoms with Gasteiger partial charge in [-0.1, -0.05) is 24.3 Å². The Kier molecular flexibility index (Phi) is 4.31. The first-order valence-electron chi connectivity index (χ1n) is 10.9. The van der Waals surface area contributed by atoms with E-state index in [0.29, 0.717) is 18.9 Å². The van der Waals surface area contributed by atoms with Crippen LogP contribution < -0.4 is 0 Å². The van der Waals surface area contributed by atoms with Gasteiger partial charge in [-0.15, -0.1) is 0 Å². The van der Waals surface area contributed by atoms with E-state index in [0.717, 1.165) is 31.4 Å². The number of hydrogen-bond donors (Lipinski definition) is 0. The molecule has 6 heteroatoms. The first kappa shape index (κ1) is 19.3. The van der Waals surface area contributed by atoms with Crippen molar-refractivity contribution in [2.75, 3.05) is 13.1 Å². The average molecular weight is 408 g/mol. The Morgan fingerprint density at radius 2 is 1.90 bits per heavy atom. The number of aromatic nitrogens is 2. The van der Waals surface area contributed by atoms with E-state index in [1.807, 2.05) is 39.4 Å². The van der Waals surface area contributed by atoms with Crippen LogP contribution in [0.3, 0.4) is 0 Å². The van der Waals surface area contributed by atoms with Gasteiger partial charge < -0.3 is 14.2 Å². The maximum Gasteiger partial charge on any atom is 0.410 e. The van der Waals surface area contributed by atoms with Gasteiger partial charge in [0.05, 0.1) is 24.3 Å². The van der Waals surface area contributed by atoms with Crippen molar-refractivity contribution < 1.29 is 14.3 Å². The molecule has 2 fully saturated rings. The molecule has 2 aliphatic heterocycles. The summed E-state index contributed by atoms with van der Waals surface area (Å²) >= 11 is 0. The number of Topliss-reactive ketones (excluding diaryl/α,β-unsaturated/α-hetero) is 1. The Labute approximate surface area is 177 Å². The average Bonchev–Trinajstić information content (AvgIpc) is 3.36. The maximum absolute atomic E-state index is 13.7. The second-order valence-corrected chi connectivity index (χ2v) is 9.98. The van der Waals surface area contributed by atoms with Crippen LogP contribution >= 0.6 is 0 Å². The molecule has 0 bridgehead atoms. The molecule has 1 amide bonds. The number of amides is 1. The summed E-state index contributed by atoms with van der Waals surface area (Å²) < 4.78 is 7.70. The number of hydrogen-bond acceptors (Lipinski definition) is 4.